The van der Waals surface area contributed by atoms with Crippen molar-refractivity contribution in [2.45, 2.75) is 26.4 Å². The van der Waals surface area contributed by atoms with Crippen molar-refractivity contribution in [1.29, 1.82) is 0 Å². The fourth-order valence-corrected chi connectivity index (χ4v) is 2.33. The van der Waals surface area contributed by atoms with E-state index in [0.717, 1.165) is 24.3 Å². The minimum absolute atomic E-state index is 0.118. The average Bonchev–Trinajstić information content (AvgIpc) is 3.12. The molecule has 0 saturated heterocycles. The molecular formula is C15H17N5O. The number of nitrogens with zero attached hydrogens (tertiary/aromatic N) is 4. The summed E-state index contributed by atoms with van der Waals surface area (Å²) in [6.45, 7) is 3.32. The first-order chi connectivity index (χ1) is 10.3. The summed E-state index contributed by atoms with van der Waals surface area (Å²) >= 11 is 0. The van der Waals surface area contributed by atoms with Gasteiger partial charge >= 0.3 is 0 Å². The predicted octanol–water partition coefficient (Wildman–Crippen LogP) is 1.87. The predicted molar refractivity (Wildman–Crippen MR) is 78.9 cm³/mol. The Bertz CT molecular complexity index is 758. The lowest BCUT2D eigenvalue weighted by Crippen LogP contribution is -2.25. The molecule has 3 aromatic heterocycles. The van der Waals surface area contributed by atoms with Crippen molar-refractivity contribution < 1.29 is 4.79 Å². The lowest BCUT2D eigenvalue weighted by molar-refractivity contribution is 0.0943. The summed E-state index contributed by atoms with van der Waals surface area (Å²) < 4.78 is 3.82. The van der Waals surface area contributed by atoms with Gasteiger partial charge in [0.25, 0.3) is 5.91 Å². The van der Waals surface area contributed by atoms with E-state index in [1.807, 2.05) is 45.5 Å². The highest BCUT2D eigenvalue weighted by Gasteiger charge is 2.11. The molecule has 0 aliphatic carbocycles. The van der Waals surface area contributed by atoms with Gasteiger partial charge in [0.15, 0.2) is 5.82 Å². The molecule has 108 valence electrons. The second kappa shape index (κ2) is 5.78. The number of hydrogen-bond acceptors (Lipinski definition) is 3. The quantitative estimate of drug-likeness (QED) is 0.777. The lowest BCUT2D eigenvalue weighted by Gasteiger charge is -2.07. The van der Waals surface area contributed by atoms with Crippen LogP contribution in [0.5, 0.6) is 0 Å². The molecule has 6 nitrogen and oxygen atoms in total. The number of rotatable bonds is 5. The van der Waals surface area contributed by atoms with Crippen molar-refractivity contribution in [2.75, 3.05) is 0 Å². The highest BCUT2D eigenvalue weighted by atomic mass is 16.1. The minimum atomic E-state index is -0.118. The summed E-state index contributed by atoms with van der Waals surface area (Å²) in [5.74, 6) is 0.651. The van der Waals surface area contributed by atoms with Crippen LogP contribution >= 0.6 is 0 Å². The van der Waals surface area contributed by atoms with Gasteiger partial charge in [-0.1, -0.05) is 13.0 Å². The van der Waals surface area contributed by atoms with Gasteiger partial charge in [-0.2, -0.15) is 0 Å². The minimum Gasteiger partial charge on any atom is -0.343 e. The highest BCUT2D eigenvalue weighted by molar-refractivity contribution is 5.93. The Balaban J connectivity index is 1.73. The fourth-order valence-electron chi connectivity index (χ4n) is 2.33. The number of nitrogens with one attached hydrogen (secondary N) is 1. The van der Waals surface area contributed by atoms with Crippen LogP contribution in [0.25, 0.3) is 5.52 Å². The van der Waals surface area contributed by atoms with Gasteiger partial charge in [0.05, 0.1) is 6.54 Å². The smallest absolute Gasteiger partial charge is 0.268 e. The Labute approximate surface area is 122 Å². The third kappa shape index (κ3) is 2.65. The first kappa shape index (κ1) is 13.4. The fraction of sp³-hybridized carbons (Fsp3) is 0.267. The molecule has 21 heavy (non-hydrogen) atoms. The third-order valence-corrected chi connectivity index (χ3v) is 3.36. The van der Waals surface area contributed by atoms with E-state index in [2.05, 4.69) is 22.4 Å². The molecule has 3 rings (SSSR count). The Morgan fingerprint density at radius 3 is 3.05 bits per heavy atom. The molecule has 0 aliphatic rings. The summed E-state index contributed by atoms with van der Waals surface area (Å²) in [5.41, 5.74) is 1.61. The molecule has 0 saturated carbocycles. The van der Waals surface area contributed by atoms with Crippen LogP contribution in [0.15, 0.2) is 42.9 Å². The number of carbonyl (C=O) groups excluding carboxylic acids is 1. The summed E-state index contributed by atoms with van der Waals surface area (Å²) in [6.07, 6.45) is 4.57. The second-order valence-electron chi connectivity index (χ2n) is 4.84. The maximum absolute atomic E-state index is 12.3. The zero-order chi connectivity index (χ0) is 14.7. The van der Waals surface area contributed by atoms with E-state index in [9.17, 15) is 4.79 Å². The van der Waals surface area contributed by atoms with E-state index in [1.54, 1.807) is 6.33 Å². The molecule has 0 spiro atoms. The van der Waals surface area contributed by atoms with Crippen LogP contribution in [-0.2, 0) is 13.1 Å². The standard InChI is InChI=1S/C15H17N5O/c1-2-8-19-11-17-18-14(19)10-16-15(21)13-7-6-12-5-3-4-9-20(12)13/h3-7,9,11H,2,8,10H2,1H3,(H,16,21). The van der Waals surface area contributed by atoms with Gasteiger partial charge in [-0.15, -0.1) is 10.2 Å². The molecule has 1 N–H and O–H groups in total. The third-order valence-electron chi connectivity index (χ3n) is 3.36. The summed E-state index contributed by atoms with van der Waals surface area (Å²) in [4.78, 5) is 12.3. The van der Waals surface area contributed by atoms with Crippen LogP contribution in [0.2, 0.25) is 0 Å². The van der Waals surface area contributed by atoms with Gasteiger partial charge in [-0.25, -0.2) is 0 Å². The lowest BCUT2D eigenvalue weighted by atomic mass is 10.4. The number of aryl methyl sites for hydroxylation is 1. The van der Waals surface area contributed by atoms with Crippen molar-refractivity contribution >= 4 is 11.4 Å². The van der Waals surface area contributed by atoms with Gasteiger partial charge in [0, 0.05) is 18.3 Å². The van der Waals surface area contributed by atoms with Gasteiger partial charge in [-0.05, 0) is 30.7 Å². The molecule has 0 radical (unpaired) electrons. The zero-order valence-corrected chi connectivity index (χ0v) is 11.9. The van der Waals surface area contributed by atoms with Crippen molar-refractivity contribution in [2.24, 2.45) is 0 Å². The van der Waals surface area contributed by atoms with Gasteiger partial charge in [-0.3, -0.25) is 4.79 Å². The Morgan fingerprint density at radius 1 is 1.29 bits per heavy atom. The molecule has 3 heterocycles. The summed E-state index contributed by atoms with van der Waals surface area (Å²) in [6, 6.07) is 9.57. The van der Waals surface area contributed by atoms with Crippen LogP contribution in [-0.4, -0.2) is 25.1 Å². The number of amides is 1. The molecule has 0 aromatic carbocycles. The molecule has 0 bridgehead atoms. The highest BCUT2D eigenvalue weighted by Crippen LogP contribution is 2.09. The first-order valence-corrected chi connectivity index (χ1v) is 7.00. The second-order valence-corrected chi connectivity index (χ2v) is 4.84. The van der Waals surface area contributed by atoms with Gasteiger partial charge < -0.3 is 14.3 Å². The molecule has 0 atom stereocenters. The molecule has 0 fully saturated rings. The first-order valence-electron chi connectivity index (χ1n) is 7.00. The maximum Gasteiger partial charge on any atom is 0.268 e. The number of aromatic nitrogens is 4. The van der Waals surface area contributed by atoms with E-state index in [0.29, 0.717) is 12.2 Å². The van der Waals surface area contributed by atoms with Crippen LogP contribution in [0, 0.1) is 0 Å². The number of fused-ring (bicyclic) bond motifs is 1. The SMILES string of the molecule is CCCn1cnnc1CNC(=O)c1ccc2ccccn12. The van der Waals surface area contributed by atoms with E-state index in [4.69, 9.17) is 0 Å². The van der Waals surface area contributed by atoms with E-state index >= 15 is 0 Å². The van der Waals surface area contributed by atoms with Crippen LogP contribution in [0.1, 0.15) is 29.7 Å². The molecule has 6 heteroatoms. The topological polar surface area (TPSA) is 64.2 Å². The summed E-state index contributed by atoms with van der Waals surface area (Å²) in [7, 11) is 0. The van der Waals surface area contributed by atoms with Crippen LogP contribution in [0.4, 0.5) is 0 Å². The summed E-state index contributed by atoms with van der Waals surface area (Å²) in [5, 5.41) is 10.8. The van der Waals surface area contributed by atoms with E-state index in [-0.39, 0.29) is 5.91 Å². The van der Waals surface area contributed by atoms with Crippen molar-refractivity contribution in [3.05, 3.63) is 54.4 Å². The molecule has 0 unspecified atom stereocenters. The largest absolute Gasteiger partial charge is 0.343 e. The Kier molecular flexibility index (Phi) is 3.68. The van der Waals surface area contributed by atoms with E-state index < -0.39 is 0 Å². The normalized spacial score (nSPS) is 10.9. The zero-order valence-electron chi connectivity index (χ0n) is 11.9. The monoisotopic (exact) mass is 283 g/mol. The molecule has 1 amide bonds. The Hall–Kier alpha value is -2.63. The number of hydrogen-bond donors (Lipinski definition) is 1. The Morgan fingerprint density at radius 2 is 2.19 bits per heavy atom. The van der Waals surface area contributed by atoms with E-state index in [1.165, 1.54) is 0 Å². The molecule has 3 aromatic rings. The van der Waals surface area contributed by atoms with Crippen molar-refractivity contribution in [3.63, 3.8) is 0 Å². The number of carbonyl (C=O) groups is 1. The van der Waals surface area contributed by atoms with Crippen LogP contribution in [0.3, 0.4) is 0 Å². The van der Waals surface area contributed by atoms with Gasteiger partial charge in [0.2, 0.25) is 0 Å². The maximum atomic E-state index is 12.3. The molecular weight excluding hydrogens is 266 g/mol. The number of pyridine rings is 1. The van der Waals surface area contributed by atoms with Crippen LogP contribution < -0.4 is 5.32 Å². The van der Waals surface area contributed by atoms with Crippen molar-refractivity contribution in [1.82, 2.24) is 24.5 Å². The average molecular weight is 283 g/mol. The van der Waals surface area contributed by atoms with Gasteiger partial charge in [0.1, 0.15) is 12.0 Å². The van der Waals surface area contributed by atoms with Crippen molar-refractivity contribution in [3.8, 4) is 0 Å². The molecule has 0 aliphatic heterocycles.